The Bertz CT molecular complexity index is 1320. The number of esters is 1. The first-order valence-corrected chi connectivity index (χ1v) is 13.8. The lowest BCUT2D eigenvalue weighted by molar-refractivity contribution is -0.274. The normalized spacial score (nSPS) is 23.0. The van der Waals surface area contributed by atoms with Crippen molar-refractivity contribution < 1.29 is 37.3 Å². The summed E-state index contributed by atoms with van der Waals surface area (Å²) in [7, 11) is 1.32. The van der Waals surface area contributed by atoms with Crippen LogP contribution >= 0.6 is 15.9 Å². The number of para-hydroxylation sites is 1. The molecule has 2 N–H and O–H groups in total. The molecule has 5 rings (SSSR count). The van der Waals surface area contributed by atoms with Gasteiger partial charge in [-0.05, 0) is 72.7 Å². The number of nitrogens with one attached hydrogen (secondary N) is 1. The third-order valence-corrected chi connectivity index (χ3v) is 8.18. The molecule has 2 unspecified atom stereocenters. The molecule has 3 aliphatic rings. The van der Waals surface area contributed by atoms with Crippen LogP contribution in [0, 0.1) is 11.3 Å². The molecule has 8 nitrogen and oxygen atoms in total. The van der Waals surface area contributed by atoms with Crippen LogP contribution in [0.25, 0.3) is 0 Å². The number of piperidine rings is 1. The third-order valence-electron chi connectivity index (χ3n) is 7.60. The van der Waals surface area contributed by atoms with E-state index in [9.17, 15) is 23.1 Å². The molecule has 2 aromatic rings. The number of fused-ring (bicyclic) bond motifs is 2. The Kier molecular flexibility index (Phi) is 8.10. The molecule has 0 radical (unpaired) electrons. The van der Waals surface area contributed by atoms with Crippen LogP contribution in [0.5, 0.6) is 5.75 Å². The maximum absolute atomic E-state index is 13.0. The van der Waals surface area contributed by atoms with Crippen LogP contribution in [0.4, 0.5) is 19.0 Å². The van der Waals surface area contributed by atoms with Crippen molar-refractivity contribution in [2.45, 2.75) is 63.1 Å². The highest BCUT2D eigenvalue weighted by Gasteiger charge is 2.43. The van der Waals surface area contributed by atoms with Gasteiger partial charge in [0.2, 0.25) is 0 Å². The van der Waals surface area contributed by atoms with Crippen molar-refractivity contribution in [3.05, 3.63) is 63.5 Å². The summed E-state index contributed by atoms with van der Waals surface area (Å²) >= 11 is 3.54. The second-order valence-electron chi connectivity index (χ2n) is 10.3. The van der Waals surface area contributed by atoms with Gasteiger partial charge in [0.15, 0.2) is 0 Å². The van der Waals surface area contributed by atoms with Crippen LogP contribution in [0.15, 0.2) is 52.3 Å². The predicted octanol–water partition coefficient (Wildman–Crippen LogP) is 6.34. The number of hydrogen-bond acceptors (Lipinski definition) is 8. The lowest BCUT2D eigenvalue weighted by Crippen LogP contribution is -2.46. The summed E-state index contributed by atoms with van der Waals surface area (Å²) in [5.74, 6) is -0.348. The van der Waals surface area contributed by atoms with E-state index in [1.165, 1.54) is 31.5 Å². The molecular weight excluding hydrogens is 595 g/mol. The first-order chi connectivity index (χ1) is 19.1. The second kappa shape index (κ2) is 11.4. The Morgan fingerprint density at radius 3 is 2.45 bits per heavy atom. The van der Waals surface area contributed by atoms with Crippen molar-refractivity contribution in [2.75, 3.05) is 18.6 Å². The number of anilines is 1. The number of methoxy groups -OCH3 is 1. The number of ether oxygens (including phenoxy) is 3. The monoisotopic (exact) mass is 623 g/mol. The summed E-state index contributed by atoms with van der Waals surface area (Å²) in [4.78, 5) is 18.6. The number of benzene rings is 1. The minimum absolute atomic E-state index is 0.00829. The molecule has 0 amide bonds. The summed E-state index contributed by atoms with van der Waals surface area (Å²) < 4.78 is 54.8. The van der Waals surface area contributed by atoms with Crippen LogP contribution in [-0.2, 0) is 9.47 Å². The number of carbonyl (C=O) groups excluding carboxylic acids is 1. The van der Waals surface area contributed by atoms with E-state index in [0.717, 1.165) is 37.6 Å². The van der Waals surface area contributed by atoms with Crippen LogP contribution < -0.4 is 9.64 Å². The zero-order valence-corrected chi connectivity index (χ0v) is 23.3. The van der Waals surface area contributed by atoms with E-state index in [0.29, 0.717) is 22.9 Å². The third kappa shape index (κ3) is 6.12. The van der Waals surface area contributed by atoms with Gasteiger partial charge in [-0.3, -0.25) is 5.41 Å². The smallest absolute Gasteiger partial charge is 0.512 e. The summed E-state index contributed by atoms with van der Waals surface area (Å²) in [6.07, 6.45) is 1.16. The molecule has 2 bridgehead atoms. The number of allylic oxidation sites excluding steroid dienone is 1. The second-order valence-corrected chi connectivity index (χ2v) is 11.1. The van der Waals surface area contributed by atoms with Crippen LogP contribution in [0.3, 0.4) is 0 Å². The van der Waals surface area contributed by atoms with E-state index >= 15 is 0 Å². The summed E-state index contributed by atoms with van der Waals surface area (Å²) in [5.41, 5.74) is 0.219. The minimum Gasteiger partial charge on any atom is -0.512 e. The Morgan fingerprint density at radius 2 is 1.85 bits per heavy atom. The molecule has 1 aromatic carbocycles. The van der Waals surface area contributed by atoms with E-state index in [1.54, 1.807) is 6.07 Å². The van der Waals surface area contributed by atoms with Crippen LogP contribution in [0.1, 0.15) is 54.4 Å². The van der Waals surface area contributed by atoms with E-state index in [4.69, 9.17) is 14.9 Å². The van der Waals surface area contributed by atoms with Gasteiger partial charge in [-0.15, -0.1) is 13.2 Å². The Hall–Kier alpha value is -3.12. The molecule has 40 heavy (non-hydrogen) atoms. The highest BCUT2D eigenvalue weighted by molar-refractivity contribution is 9.10. The van der Waals surface area contributed by atoms with Gasteiger partial charge in [0.1, 0.15) is 17.3 Å². The molecular formula is C28H29BrF3N3O5. The molecule has 214 valence electrons. The number of aromatic nitrogens is 1. The molecule has 1 aliphatic carbocycles. The highest BCUT2D eigenvalue weighted by Crippen LogP contribution is 2.43. The number of aliphatic hydroxyl groups is 1. The van der Waals surface area contributed by atoms with E-state index in [2.05, 4.69) is 30.6 Å². The van der Waals surface area contributed by atoms with Crippen molar-refractivity contribution in [2.24, 2.45) is 5.92 Å². The lowest BCUT2D eigenvalue weighted by atomic mass is 9.98. The molecule has 12 heteroatoms. The van der Waals surface area contributed by atoms with Crippen molar-refractivity contribution >= 4 is 33.4 Å². The van der Waals surface area contributed by atoms with Crippen molar-refractivity contribution in [3.8, 4) is 5.75 Å². The van der Waals surface area contributed by atoms with Crippen molar-refractivity contribution in [3.63, 3.8) is 0 Å². The Labute approximate surface area is 237 Å². The quantitative estimate of drug-likeness (QED) is 0.191. The van der Waals surface area contributed by atoms with Crippen LogP contribution in [0.2, 0.25) is 0 Å². The van der Waals surface area contributed by atoms with E-state index < -0.39 is 18.1 Å². The number of rotatable bonds is 9. The molecule has 2 saturated heterocycles. The fourth-order valence-corrected chi connectivity index (χ4v) is 6.14. The molecule has 3 fully saturated rings. The average molecular weight is 624 g/mol. The highest BCUT2D eigenvalue weighted by atomic mass is 79.9. The molecule has 3 atom stereocenters. The van der Waals surface area contributed by atoms with Gasteiger partial charge in [0.25, 0.3) is 0 Å². The summed E-state index contributed by atoms with van der Waals surface area (Å²) in [6, 6.07) is 7.43. The van der Waals surface area contributed by atoms with E-state index in [-0.39, 0.29) is 53.3 Å². The fourth-order valence-electron chi connectivity index (χ4n) is 5.59. The van der Waals surface area contributed by atoms with Crippen molar-refractivity contribution in [1.82, 2.24) is 4.98 Å². The summed E-state index contributed by atoms with van der Waals surface area (Å²) in [5, 5.41) is 19.6. The lowest BCUT2D eigenvalue weighted by Gasteiger charge is -2.40. The molecule has 2 aliphatic heterocycles. The van der Waals surface area contributed by atoms with Gasteiger partial charge in [-0.1, -0.05) is 12.1 Å². The number of pyridine rings is 1. The zero-order chi connectivity index (χ0) is 28.6. The zero-order valence-electron chi connectivity index (χ0n) is 21.7. The van der Waals surface area contributed by atoms with Gasteiger partial charge in [-0.25, -0.2) is 9.78 Å². The maximum Gasteiger partial charge on any atom is 0.573 e. The van der Waals surface area contributed by atoms with Crippen molar-refractivity contribution in [1.29, 1.82) is 5.41 Å². The van der Waals surface area contributed by atoms with E-state index in [1.807, 2.05) is 0 Å². The molecule has 3 heterocycles. The predicted molar refractivity (Wildman–Crippen MR) is 144 cm³/mol. The molecule has 1 saturated carbocycles. The molecule has 0 spiro atoms. The number of carbonyl (C=O) groups is 1. The average Bonchev–Trinajstić information content (AvgIpc) is 3.73. The number of aliphatic hydroxyl groups excluding tert-OH is 1. The van der Waals surface area contributed by atoms with Gasteiger partial charge in [0, 0.05) is 35.3 Å². The standard InChI is InChI=1S/C28H29BrF3N3O5/c1-38-27(37)16-10-22(29)26(34-13-16)35-17-8-9-18(35)12-19(11-17)39-14-21(25(36)15-6-7-15)24(33)20-4-2-3-5-23(20)40-28(30,31)32/h2-5,10,13,15,17-19,33,36H,6-9,11-12,14H2,1H3/b25-21-,33-24?/t17-,18?,19?/m0/s1. The first-order valence-electron chi connectivity index (χ1n) is 13.1. The summed E-state index contributed by atoms with van der Waals surface area (Å²) in [6.45, 7) is -0.0958. The van der Waals surface area contributed by atoms with Gasteiger partial charge in [0.05, 0.1) is 35.6 Å². The Morgan fingerprint density at radius 1 is 1.18 bits per heavy atom. The Balaban J connectivity index is 1.30. The molecule has 1 aromatic heterocycles. The minimum atomic E-state index is -4.91. The van der Waals surface area contributed by atoms with Crippen LogP contribution in [-0.4, -0.2) is 60.0 Å². The number of halogens is 4. The van der Waals surface area contributed by atoms with Gasteiger partial charge < -0.3 is 24.2 Å². The topological polar surface area (TPSA) is 105 Å². The SMILES string of the molecule is COC(=O)c1cnc(N2C3CC[C@H]2CC(OC/C(C(=N)c2ccccc2OC(F)(F)F)=C(/O)C2CC2)C3)c(Br)c1. The fraction of sp³-hybridized carbons (Fsp3) is 0.464. The number of hydrogen-bond donors (Lipinski definition) is 2. The number of alkyl halides is 3. The van der Waals surface area contributed by atoms with Gasteiger partial charge >= 0.3 is 12.3 Å². The van der Waals surface area contributed by atoms with Gasteiger partial charge in [-0.2, -0.15) is 0 Å². The number of nitrogens with zero attached hydrogens (tertiary/aromatic N) is 2. The maximum atomic E-state index is 13.0. The largest absolute Gasteiger partial charge is 0.573 e. The first kappa shape index (κ1) is 28.4.